The first-order valence-corrected chi connectivity index (χ1v) is 11.1. The van der Waals surface area contributed by atoms with Crippen LogP contribution < -0.4 is 5.32 Å². The predicted octanol–water partition coefficient (Wildman–Crippen LogP) is 6.36. The summed E-state index contributed by atoms with van der Waals surface area (Å²) < 4.78 is 0. The van der Waals surface area contributed by atoms with Crippen LogP contribution in [0.3, 0.4) is 0 Å². The quantitative estimate of drug-likeness (QED) is 0.325. The lowest BCUT2D eigenvalue weighted by atomic mass is 9.72. The van der Waals surface area contributed by atoms with E-state index in [0.717, 1.165) is 11.8 Å². The molecular weight excluding hydrogens is 304 g/mol. The summed E-state index contributed by atoms with van der Waals surface area (Å²) >= 11 is 0. The van der Waals surface area contributed by atoms with Crippen molar-refractivity contribution in [3.8, 4) is 0 Å². The molecular formula is C23H50N2. The highest BCUT2D eigenvalue weighted by Gasteiger charge is 2.29. The molecule has 0 fully saturated rings. The number of nitrogens with one attached hydrogen (secondary N) is 1. The van der Waals surface area contributed by atoms with Gasteiger partial charge in [0.05, 0.1) is 0 Å². The van der Waals surface area contributed by atoms with Crippen LogP contribution >= 0.6 is 0 Å². The highest BCUT2D eigenvalue weighted by Crippen LogP contribution is 2.37. The minimum Gasteiger partial charge on any atom is -0.317 e. The zero-order chi connectivity index (χ0) is 19.3. The van der Waals surface area contributed by atoms with E-state index in [9.17, 15) is 0 Å². The van der Waals surface area contributed by atoms with Crippen LogP contribution in [0.2, 0.25) is 0 Å². The Balaban J connectivity index is 4.78. The molecule has 0 aliphatic carbocycles. The molecule has 0 saturated heterocycles. The summed E-state index contributed by atoms with van der Waals surface area (Å²) in [5, 5.41) is 3.58. The van der Waals surface area contributed by atoms with E-state index in [-0.39, 0.29) is 0 Å². The largest absolute Gasteiger partial charge is 0.317 e. The minimum absolute atomic E-state index is 0.440. The van der Waals surface area contributed by atoms with E-state index in [1.165, 1.54) is 70.8 Å². The van der Waals surface area contributed by atoms with Crippen molar-refractivity contribution >= 4 is 0 Å². The zero-order valence-electron chi connectivity index (χ0n) is 19.0. The number of unbranched alkanes of at least 4 members (excludes halogenated alkanes) is 3. The Morgan fingerprint density at radius 3 is 2.04 bits per heavy atom. The number of hydrogen-bond donors (Lipinski definition) is 1. The summed E-state index contributed by atoms with van der Waals surface area (Å²) in [6.45, 7) is 13.3. The fourth-order valence-corrected chi connectivity index (χ4v) is 4.80. The molecule has 0 aromatic rings. The smallest absolute Gasteiger partial charge is 0.00899 e. The molecule has 2 nitrogen and oxygen atoms in total. The lowest BCUT2D eigenvalue weighted by Crippen LogP contribution is -2.36. The maximum absolute atomic E-state index is 3.58. The fourth-order valence-electron chi connectivity index (χ4n) is 4.80. The number of hydrogen-bond acceptors (Lipinski definition) is 2. The van der Waals surface area contributed by atoms with Gasteiger partial charge in [-0.2, -0.15) is 0 Å². The maximum Gasteiger partial charge on any atom is 0.00899 e. The maximum atomic E-state index is 3.58. The van der Waals surface area contributed by atoms with Crippen molar-refractivity contribution in [2.24, 2.45) is 17.3 Å². The van der Waals surface area contributed by atoms with Crippen LogP contribution in [0.15, 0.2) is 0 Å². The molecule has 0 bridgehead atoms. The van der Waals surface area contributed by atoms with Crippen LogP contribution in [-0.2, 0) is 0 Å². The van der Waals surface area contributed by atoms with Gasteiger partial charge < -0.3 is 10.2 Å². The second-order valence-corrected chi connectivity index (χ2v) is 9.40. The molecule has 0 spiro atoms. The van der Waals surface area contributed by atoms with Gasteiger partial charge in [-0.1, -0.05) is 66.7 Å². The average Bonchev–Trinajstić information content (AvgIpc) is 2.51. The second kappa shape index (κ2) is 14.0. The topological polar surface area (TPSA) is 15.3 Å². The minimum atomic E-state index is 0.440. The molecule has 3 unspecified atom stereocenters. The number of nitrogens with zero attached hydrogens (tertiary/aromatic N) is 1. The molecule has 3 atom stereocenters. The van der Waals surface area contributed by atoms with Crippen molar-refractivity contribution in [1.82, 2.24) is 10.2 Å². The van der Waals surface area contributed by atoms with E-state index in [2.05, 4.69) is 66.0 Å². The molecule has 0 aliphatic rings. The molecule has 1 N–H and O–H groups in total. The van der Waals surface area contributed by atoms with Crippen LogP contribution in [0.4, 0.5) is 0 Å². The van der Waals surface area contributed by atoms with Gasteiger partial charge in [-0.3, -0.25) is 0 Å². The van der Waals surface area contributed by atoms with Crippen molar-refractivity contribution in [2.45, 2.75) is 105 Å². The highest BCUT2D eigenvalue weighted by molar-refractivity contribution is 4.83. The van der Waals surface area contributed by atoms with Crippen molar-refractivity contribution in [2.75, 3.05) is 27.7 Å². The molecule has 0 radical (unpaired) electrons. The number of rotatable bonds is 16. The lowest BCUT2D eigenvalue weighted by molar-refractivity contribution is 0.154. The van der Waals surface area contributed by atoms with Crippen LogP contribution in [0.25, 0.3) is 0 Å². The van der Waals surface area contributed by atoms with Crippen molar-refractivity contribution in [1.29, 1.82) is 0 Å². The van der Waals surface area contributed by atoms with Gasteiger partial charge in [-0.25, -0.2) is 0 Å². The van der Waals surface area contributed by atoms with E-state index in [1.54, 1.807) is 0 Å². The van der Waals surface area contributed by atoms with Crippen molar-refractivity contribution < 1.29 is 0 Å². The first-order chi connectivity index (χ1) is 11.8. The van der Waals surface area contributed by atoms with Crippen LogP contribution in [0.1, 0.15) is 98.8 Å². The van der Waals surface area contributed by atoms with Gasteiger partial charge in [0.1, 0.15) is 0 Å². The molecule has 0 rings (SSSR count). The molecule has 0 heterocycles. The molecule has 0 aromatic carbocycles. The Morgan fingerprint density at radius 2 is 1.56 bits per heavy atom. The summed E-state index contributed by atoms with van der Waals surface area (Å²) in [5.74, 6) is 1.66. The van der Waals surface area contributed by atoms with Gasteiger partial charge in [-0.05, 0) is 70.5 Å². The van der Waals surface area contributed by atoms with Crippen LogP contribution in [0, 0.1) is 17.3 Å². The third-order valence-corrected chi connectivity index (χ3v) is 5.78. The monoisotopic (exact) mass is 354 g/mol. The standard InChI is InChI=1S/C23H50N2/c1-9-12-13-14-16-20(19-25(7)8)17-23(4,5)18-21(15-10-2)22(11-3)24-6/h20-22,24H,9-19H2,1-8H3. The van der Waals surface area contributed by atoms with Gasteiger partial charge in [0.2, 0.25) is 0 Å². The summed E-state index contributed by atoms with van der Waals surface area (Å²) in [5.41, 5.74) is 0.440. The van der Waals surface area contributed by atoms with E-state index in [1.807, 2.05) is 0 Å². The Kier molecular flexibility index (Phi) is 14.0. The SMILES string of the molecule is CCCCCCC(CN(C)C)CC(C)(C)CC(CCC)C(CC)NC. The third kappa shape index (κ3) is 12.0. The first-order valence-electron chi connectivity index (χ1n) is 11.1. The highest BCUT2D eigenvalue weighted by atomic mass is 15.1. The van der Waals surface area contributed by atoms with Gasteiger partial charge in [-0.15, -0.1) is 0 Å². The lowest BCUT2D eigenvalue weighted by Gasteiger charge is -2.37. The van der Waals surface area contributed by atoms with E-state index >= 15 is 0 Å². The zero-order valence-corrected chi connectivity index (χ0v) is 19.0. The fraction of sp³-hybridized carbons (Fsp3) is 1.00. The Labute approximate surface area is 160 Å². The summed E-state index contributed by atoms with van der Waals surface area (Å²) in [4.78, 5) is 2.40. The van der Waals surface area contributed by atoms with Gasteiger partial charge in [0.15, 0.2) is 0 Å². The summed E-state index contributed by atoms with van der Waals surface area (Å²) in [6.07, 6.45) is 13.6. The van der Waals surface area contributed by atoms with Gasteiger partial charge in [0.25, 0.3) is 0 Å². The third-order valence-electron chi connectivity index (χ3n) is 5.78. The van der Waals surface area contributed by atoms with Gasteiger partial charge >= 0.3 is 0 Å². The predicted molar refractivity (Wildman–Crippen MR) is 115 cm³/mol. The Bertz CT molecular complexity index is 294. The van der Waals surface area contributed by atoms with Gasteiger partial charge in [0, 0.05) is 12.6 Å². The first kappa shape index (κ1) is 24.9. The summed E-state index contributed by atoms with van der Waals surface area (Å²) in [6, 6.07) is 0.677. The molecule has 0 aliphatic heterocycles. The Morgan fingerprint density at radius 1 is 0.880 bits per heavy atom. The molecule has 152 valence electrons. The second-order valence-electron chi connectivity index (χ2n) is 9.40. The van der Waals surface area contributed by atoms with E-state index in [0.29, 0.717) is 11.5 Å². The normalized spacial score (nSPS) is 16.2. The van der Waals surface area contributed by atoms with Crippen LogP contribution in [-0.4, -0.2) is 38.6 Å². The van der Waals surface area contributed by atoms with Crippen LogP contribution in [0.5, 0.6) is 0 Å². The molecule has 0 aromatic heterocycles. The molecule has 25 heavy (non-hydrogen) atoms. The van der Waals surface area contributed by atoms with E-state index in [4.69, 9.17) is 0 Å². The Hall–Kier alpha value is -0.0800. The molecule has 0 saturated carbocycles. The molecule has 2 heteroatoms. The average molecular weight is 355 g/mol. The summed E-state index contributed by atoms with van der Waals surface area (Å²) in [7, 11) is 6.62. The van der Waals surface area contributed by atoms with E-state index < -0.39 is 0 Å². The van der Waals surface area contributed by atoms with Crippen molar-refractivity contribution in [3.63, 3.8) is 0 Å². The van der Waals surface area contributed by atoms with Crippen molar-refractivity contribution in [3.05, 3.63) is 0 Å². The molecule has 0 amide bonds.